The maximum atomic E-state index is 5.82. The highest BCUT2D eigenvalue weighted by Gasteiger charge is 2.31. The third-order valence-electron chi connectivity index (χ3n) is 6.13. The van der Waals surface area contributed by atoms with Gasteiger partial charge in [-0.1, -0.05) is 26.0 Å². The molecule has 30 heavy (non-hydrogen) atoms. The highest BCUT2D eigenvalue weighted by molar-refractivity contribution is 5.58. The Balaban J connectivity index is 1.47. The van der Waals surface area contributed by atoms with Gasteiger partial charge in [0, 0.05) is 32.8 Å². The summed E-state index contributed by atoms with van der Waals surface area (Å²) in [5, 5.41) is 12.8. The van der Waals surface area contributed by atoms with Gasteiger partial charge in [-0.25, -0.2) is 4.68 Å². The fourth-order valence-electron chi connectivity index (χ4n) is 4.59. The number of aromatic nitrogens is 4. The van der Waals surface area contributed by atoms with Crippen molar-refractivity contribution >= 4 is 5.69 Å². The summed E-state index contributed by atoms with van der Waals surface area (Å²) in [6.07, 6.45) is 3.49. The van der Waals surface area contributed by atoms with Crippen molar-refractivity contribution in [2.75, 3.05) is 44.8 Å². The number of para-hydroxylation sites is 2. The number of anilines is 1. The number of hydrogen-bond acceptors (Lipinski definition) is 7. The largest absolute Gasteiger partial charge is 0.495 e. The number of methoxy groups -OCH3 is 1. The quantitative estimate of drug-likeness (QED) is 0.658. The van der Waals surface area contributed by atoms with E-state index in [2.05, 4.69) is 51.3 Å². The molecule has 2 fully saturated rings. The van der Waals surface area contributed by atoms with Crippen molar-refractivity contribution < 1.29 is 9.47 Å². The lowest BCUT2D eigenvalue weighted by atomic mass is 10.0. The van der Waals surface area contributed by atoms with Gasteiger partial charge in [-0.15, -0.1) is 5.10 Å². The molecule has 0 N–H and O–H groups in total. The summed E-state index contributed by atoms with van der Waals surface area (Å²) in [7, 11) is 1.74. The molecule has 0 saturated carbocycles. The Labute approximate surface area is 179 Å². The fraction of sp³-hybridized carbons (Fsp3) is 0.682. The topological polar surface area (TPSA) is 68.5 Å². The average molecular weight is 415 g/mol. The first-order valence-electron chi connectivity index (χ1n) is 11.2. The summed E-state index contributed by atoms with van der Waals surface area (Å²) in [6.45, 7) is 10.0. The first kappa shape index (κ1) is 21.1. The summed E-state index contributed by atoms with van der Waals surface area (Å²) in [4.78, 5) is 4.96. The van der Waals surface area contributed by atoms with E-state index in [9.17, 15) is 0 Å². The first-order chi connectivity index (χ1) is 14.7. The summed E-state index contributed by atoms with van der Waals surface area (Å²) in [5.74, 6) is 2.48. The summed E-state index contributed by atoms with van der Waals surface area (Å²) in [6, 6.07) is 8.49. The van der Waals surface area contributed by atoms with Crippen LogP contribution in [0.2, 0.25) is 0 Å². The Morgan fingerprint density at radius 1 is 1.17 bits per heavy atom. The minimum Gasteiger partial charge on any atom is -0.495 e. The maximum Gasteiger partial charge on any atom is 0.168 e. The molecule has 8 nitrogen and oxygen atoms in total. The van der Waals surface area contributed by atoms with Crippen molar-refractivity contribution in [2.24, 2.45) is 5.92 Å². The standard InChI is InChI=1S/C22H34N6O2/c1-17(2)15-20(22-23-24-25-28(22)16-18-7-6-14-30-18)27-12-10-26(11-13-27)19-8-4-5-9-21(19)29-3/h4-5,8-9,17-18,20H,6-7,10-16H2,1-3H3/t18-,20-/m0/s1. The van der Waals surface area contributed by atoms with Crippen LogP contribution in [0.25, 0.3) is 0 Å². The highest BCUT2D eigenvalue weighted by atomic mass is 16.5. The normalized spacial score (nSPS) is 21.3. The molecule has 0 bridgehead atoms. The Kier molecular flexibility index (Phi) is 6.84. The first-order valence-corrected chi connectivity index (χ1v) is 11.2. The van der Waals surface area contributed by atoms with Crippen LogP contribution in [0, 0.1) is 5.92 Å². The van der Waals surface area contributed by atoms with Gasteiger partial charge >= 0.3 is 0 Å². The zero-order valence-electron chi connectivity index (χ0n) is 18.4. The van der Waals surface area contributed by atoms with E-state index in [0.717, 1.165) is 70.2 Å². The third kappa shape index (κ3) is 4.75. The average Bonchev–Trinajstić information content (AvgIpc) is 3.45. The van der Waals surface area contributed by atoms with Crippen LogP contribution in [0.1, 0.15) is 45.0 Å². The predicted molar refractivity (Wildman–Crippen MR) is 116 cm³/mol. The molecule has 2 saturated heterocycles. The van der Waals surface area contributed by atoms with Crippen molar-refractivity contribution in [3.05, 3.63) is 30.1 Å². The molecule has 0 aliphatic carbocycles. The van der Waals surface area contributed by atoms with Gasteiger partial charge < -0.3 is 14.4 Å². The lowest BCUT2D eigenvalue weighted by Gasteiger charge is -2.40. The van der Waals surface area contributed by atoms with Crippen molar-refractivity contribution in [2.45, 2.75) is 51.8 Å². The van der Waals surface area contributed by atoms with Gasteiger partial charge in [0.05, 0.1) is 31.5 Å². The summed E-state index contributed by atoms with van der Waals surface area (Å²) >= 11 is 0. The molecule has 3 heterocycles. The third-order valence-corrected chi connectivity index (χ3v) is 6.13. The second-order valence-corrected chi connectivity index (χ2v) is 8.69. The number of benzene rings is 1. The number of piperazine rings is 1. The van der Waals surface area contributed by atoms with Crippen molar-refractivity contribution in [3.63, 3.8) is 0 Å². The molecular weight excluding hydrogens is 380 g/mol. The summed E-state index contributed by atoms with van der Waals surface area (Å²) < 4.78 is 13.4. The zero-order chi connectivity index (χ0) is 20.9. The highest BCUT2D eigenvalue weighted by Crippen LogP contribution is 2.32. The van der Waals surface area contributed by atoms with Crippen molar-refractivity contribution in [1.82, 2.24) is 25.1 Å². The Morgan fingerprint density at radius 3 is 2.67 bits per heavy atom. The number of rotatable bonds is 8. The van der Waals surface area contributed by atoms with Gasteiger partial charge in [0.25, 0.3) is 0 Å². The van der Waals surface area contributed by atoms with E-state index >= 15 is 0 Å². The van der Waals surface area contributed by atoms with Crippen LogP contribution in [0.3, 0.4) is 0 Å². The molecule has 0 radical (unpaired) electrons. The second-order valence-electron chi connectivity index (χ2n) is 8.69. The van der Waals surface area contributed by atoms with E-state index in [0.29, 0.717) is 5.92 Å². The number of nitrogens with zero attached hydrogens (tertiary/aromatic N) is 6. The van der Waals surface area contributed by atoms with Gasteiger partial charge in [0.1, 0.15) is 5.75 Å². The molecule has 0 spiro atoms. The van der Waals surface area contributed by atoms with Gasteiger partial charge in [-0.3, -0.25) is 4.90 Å². The van der Waals surface area contributed by atoms with Crippen LogP contribution in [-0.4, -0.2) is 71.1 Å². The molecule has 1 aromatic carbocycles. The monoisotopic (exact) mass is 414 g/mol. The lowest BCUT2D eigenvalue weighted by Crippen LogP contribution is -2.48. The van der Waals surface area contributed by atoms with E-state index < -0.39 is 0 Å². The molecule has 1 aromatic heterocycles. The predicted octanol–water partition coefficient (Wildman–Crippen LogP) is 2.77. The molecule has 2 aliphatic heterocycles. The molecule has 2 aromatic rings. The Morgan fingerprint density at radius 2 is 1.97 bits per heavy atom. The van der Waals surface area contributed by atoms with Crippen LogP contribution in [-0.2, 0) is 11.3 Å². The van der Waals surface area contributed by atoms with Gasteiger partial charge in [-0.05, 0) is 47.7 Å². The van der Waals surface area contributed by atoms with Gasteiger partial charge in [0.2, 0.25) is 0 Å². The van der Waals surface area contributed by atoms with Crippen LogP contribution >= 0.6 is 0 Å². The van der Waals surface area contributed by atoms with Crippen LogP contribution in [0.15, 0.2) is 24.3 Å². The van der Waals surface area contributed by atoms with E-state index in [1.54, 1.807) is 7.11 Å². The minimum absolute atomic E-state index is 0.223. The van der Waals surface area contributed by atoms with Crippen LogP contribution in [0.5, 0.6) is 5.75 Å². The van der Waals surface area contributed by atoms with E-state index in [1.165, 1.54) is 5.69 Å². The fourth-order valence-corrected chi connectivity index (χ4v) is 4.59. The molecule has 8 heteroatoms. The molecule has 2 aliphatic rings. The molecular formula is C22H34N6O2. The molecule has 164 valence electrons. The van der Waals surface area contributed by atoms with E-state index in [-0.39, 0.29) is 12.1 Å². The second kappa shape index (κ2) is 9.75. The number of hydrogen-bond donors (Lipinski definition) is 0. The Hall–Kier alpha value is -2.19. The molecule has 0 unspecified atom stereocenters. The maximum absolute atomic E-state index is 5.82. The Bertz CT molecular complexity index is 796. The lowest BCUT2D eigenvalue weighted by molar-refractivity contribution is 0.0885. The smallest absolute Gasteiger partial charge is 0.168 e. The SMILES string of the molecule is COc1ccccc1N1CCN([C@@H](CC(C)C)c2nnnn2C[C@@H]2CCCO2)CC1. The van der Waals surface area contributed by atoms with Gasteiger partial charge in [0.15, 0.2) is 5.82 Å². The van der Waals surface area contributed by atoms with Crippen molar-refractivity contribution in [1.29, 1.82) is 0 Å². The van der Waals surface area contributed by atoms with Crippen molar-refractivity contribution in [3.8, 4) is 5.75 Å². The minimum atomic E-state index is 0.223. The summed E-state index contributed by atoms with van der Waals surface area (Å²) in [5.41, 5.74) is 1.17. The number of tetrazole rings is 1. The van der Waals surface area contributed by atoms with E-state index in [4.69, 9.17) is 9.47 Å². The zero-order valence-corrected chi connectivity index (χ0v) is 18.4. The molecule has 4 rings (SSSR count). The molecule has 0 amide bonds. The van der Waals surface area contributed by atoms with Gasteiger partial charge in [-0.2, -0.15) is 0 Å². The van der Waals surface area contributed by atoms with E-state index in [1.807, 2.05) is 16.8 Å². The molecule has 2 atom stereocenters. The van der Waals surface area contributed by atoms with Crippen LogP contribution < -0.4 is 9.64 Å². The number of ether oxygens (including phenoxy) is 2. The van der Waals surface area contributed by atoms with Crippen LogP contribution in [0.4, 0.5) is 5.69 Å².